The quantitative estimate of drug-likeness (QED) is 0.778. The molecule has 0 spiro atoms. The van der Waals surface area contributed by atoms with E-state index >= 15 is 0 Å². The molecule has 1 amide bonds. The highest BCUT2D eigenvalue weighted by molar-refractivity contribution is 6.31. The van der Waals surface area contributed by atoms with Crippen LogP contribution in [0.25, 0.3) is 0 Å². The highest BCUT2D eigenvalue weighted by Gasteiger charge is 2.14. The van der Waals surface area contributed by atoms with Crippen molar-refractivity contribution in [1.29, 1.82) is 0 Å². The number of anilines is 1. The minimum Gasteiger partial charge on any atom is -0.495 e. The Hall–Kier alpha value is -2.20. The van der Waals surface area contributed by atoms with Gasteiger partial charge in [0.15, 0.2) is 6.61 Å². The van der Waals surface area contributed by atoms with E-state index in [1.165, 1.54) is 0 Å². The average Bonchev–Trinajstić information content (AvgIpc) is 2.55. The average molecular weight is 362 g/mol. The summed E-state index contributed by atoms with van der Waals surface area (Å²) in [5, 5.41) is 3.53. The Balaban J connectivity index is 2.11. The number of hydrogen-bond donors (Lipinski definition) is 1. The van der Waals surface area contributed by atoms with E-state index < -0.39 is 0 Å². The van der Waals surface area contributed by atoms with Crippen LogP contribution in [0.1, 0.15) is 36.5 Å². The van der Waals surface area contributed by atoms with Crippen LogP contribution in [-0.4, -0.2) is 19.6 Å². The molecule has 2 aromatic rings. The number of amides is 1. The van der Waals surface area contributed by atoms with Crippen LogP contribution >= 0.6 is 11.6 Å². The maximum absolute atomic E-state index is 12.3. The summed E-state index contributed by atoms with van der Waals surface area (Å²) < 4.78 is 11.0. The molecule has 0 aromatic heterocycles. The maximum Gasteiger partial charge on any atom is 0.262 e. The minimum atomic E-state index is -0.244. The Morgan fingerprint density at radius 2 is 1.88 bits per heavy atom. The molecular formula is C20H24ClNO3. The second kappa shape index (κ2) is 8.26. The molecule has 0 aliphatic rings. The van der Waals surface area contributed by atoms with Gasteiger partial charge in [0, 0.05) is 5.02 Å². The van der Waals surface area contributed by atoms with Crippen LogP contribution < -0.4 is 14.8 Å². The summed E-state index contributed by atoms with van der Waals surface area (Å²) in [7, 11) is 1.57. The highest BCUT2D eigenvalue weighted by atomic mass is 35.5. The van der Waals surface area contributed by atoms with Crippen LogP contribution in [0.5, 0.6) is 11.5 Å². The molecule has 4 nitrogen and oxygen atoms in total. The van der Waals surface area contributed by atoms with E-state index in [0.29, 0.717) is 22.2 Å². The Labute approximate surface area is 154 Å². The van der Waals surface area contributed by atoms with Gasteiger partial charge in [0.05, 0.1) is 12.8 Å². The third-order valence-corrected chi connectivity index (χ3v) is 4.31. The zero-order valence-electron chi connectivity index (χ0n) is 15.3. The molecule has 25 heavy (non-hydrogen) atoms. The number of carbonyl (C=O) groups is 1. The van der Waals surface area contributed by atoms with E-state index in [4.69, 9.17) is 21.1 Å². The Morgan fingerprint density at radius 1 is 1.16 bits per heavy atom. The lowest BCUT2D eigenvalue weighted by Crippen LogP contribution is -2.21. The van der Waals surface area contributed by atoms with E-state index in [1.54, 1.807) is 7.11 Å². The summed E-state index contributed by atoms with van der Waals surface area (Å²) >= 11 is 6.20. The topological polar surface area (TPSA) is 47.6 Å². The van der Waals surface area contributed by atoms with Crippen molar-refractivity contribution in [2.45, 2.75) is 33.6 Å². The predicted molar refractivity (Wildman–Crippen MR) is 102 cm³/mol. The van der Waals surface area contributed by atoms with Crippen molar-refractivity contribution in [3.05, 3.63) is 52.0 Å². The molecule has 0 bridgehead atoms. The molecule has 0 heterocycles. The molecule has 0 saturated heterocycles. The molecule has 2 aromatic carbocycles. The molecule has 0 saturated carbocycles. The molecular weight excluding hydrogens is 338 g/mol. The predicted octanol–water partition coefficient (Wildman–Crippen LogP) is 5.11. The van der Waals surface area contributed by atoms with Gasteiger partial charge in [-0.3, -0.25) is 4.79 Å². The Bertz CT molecular complexity index is 772. The van der Waals surface area contributed by atoms with Gasteiger partial charge in [-0.05, 0) is 60.7 Å². The standard InChI is InChI=1S/C20H24ClNO3/c1-12(2)15-10-16(21)14(4)9-19(15)25-11-20(23)22-17-8-13(3)6-7-18(17)24-5/h6-10,12H,11H2,1-5H3,(H,22,23). The molecule has 0 fully saturated rings. The lowest BCUT2D eigenvalue weighted by Gasteiger charge is -2.16. The van der Waals surface area contributed by atoms with Gasteiger partial charge in [-0.25, -0.2) is 0 Å². The van der Waals surface area contributed by atoms with E-state index in [0.717, 1.165) is 16.7 Å². The fourth-order valence-electron chi connectivity index (χ4n) is 2.50. The van der Waals surface area contributed by atoms with E-state index in [-0.39, 0.29) is 18.4 Å². The third-order valence-electron chi connectivity index (χ3n) is 3.90. The van der Waals surface area contributed by atoms with Crippen LogP contribution in [0, 0.1) is 13.8 Å². The smallest absolute Gasteiger partial charge is 0.262 e. The van der Waals surface area contributed by atoms with Crippen LogP contribution in [0.15, 0.2) is 30.3 Å². The van der Waals surface area contributed by atoms with E-state index in [1.807, 2.05) is 44.2 Å². The number of hydrogen-bond acceptors (Lipinski definition) is 3. The SMILES string of the molecule is COc1ccc(C)cc1NC(=O)COc1cc(C)c(Cl)cc1C(C)C. The summed E-state index contributed by atoms with van der Waals surface area (Å²) in [6, 6.07) is 9.39. The normalized spacial score (nSPS) is 10.7. The number of halogens is 1. The van der Waals surface area contributed by atoms with Crippen molar-refractivity contribution >= 4 is 23.2 Å². The van der Waals surface area contributed by atoms with Gasteiger partial charge in [-0.15, -0.1) is 0 Å². The molecule has 0 atom stereocenters. The number of aryl methyl sites for hydroxylation is 2. The van der Waals surface area contributed by atoms with Crippen molar-refractivity contribution in [3.63, 3.8) is 0 Å². The fraction of sp³-hybridized carbons (Fsp3) is 0.350. The monoisotopic (exact) mass is 361 g/mol. The van der Waals surface area contributed by atoms with Gasteiger partial charge in [0.1, 0.15) is 11.5 Å². The van der Waals surface area contributed by atoms with Gasteiger partial charge in [0.2, 0.25) is 0 Å². The molecule has 1 N–H and O–H groups in total. The van der Waals surface area contributed by atoms with Gasteiger partial charge < -0.3 is 14.8 Å². The van der Waals surface area contributed by atoms with Crippen LogP contribution in [-0.2, 0) is 4.79 Å². The lowest BCUT2D eigenvalue weighted by atomic mass is 10.0. The lowest BCUT2D eigenvalue weighted by molar-refractivity contribution is -0.118. The van der Waals surface area contributed by atoms with Crippen molar-refractivity contribution < 1.29 is 14.3 Å². The molecule has 0 aliphatic heterocycles. The number of ether oxygens (including phenoxy) is 2. The first-order valence-electron chi connectivity index (χ1n) is 8.19. The molecule has 134 valence electrons. The summed E-state index contributed by atoms with van der Waals surface area (Å²) in [6.07, 6.45) is 0. The Morgan fingerprint density at radius 3 is 2.52 bits per heavy atom. The van der Waals surface area contributed by atoms with Gasteiger partial charge in [-0.1, -0.05) is 31.5 Å². The summed E-state index contributed by atoms with van der Waals surface area (Å²) in [5.74, 6) is 1.30. The maximum atomic E-state index is 12.3. The first kappa shape index (κ1) is 19.1. The number of methoxy groups -OCH3 is 1. The van der Waals surface area contributed by atoms with Crippen molar-refractivity contribution in [2.24, 2.45) is 0 Å². The van der Waals surface area contributed by atoms with E-state index in [9.17, 15) is 4.79 Å². The van der Waals surface area contributed by atoms with Gasteiger partial charge >= 0.3 is 0 Å². The zero-order valence-corrected chi connectivity index (χ0v) is 16.0. The van der Waals surface area contributed by atoms with Crippen LogP contribution in [0.4, 0.5) is 5.69 Å². The number of benzene rings is 2. The van der Waals surface area contributed by atoms with Crippen LogP contribution in [0.3, 0.4) is 0 Å². The summed E-state index contributed by atoms with van der Waals surface area (Å²) in [5.41, 5.74) is 3.57. The number of rotatable bonds is 6. The number of nitrogens with one attached hydrogen (secondary N) is 1. The van der Waals surface area contributed by atoms with Crippen molar-refractivity contribution in [2.75, 3.05) is 19.0 Å². The molecule has 5 heteroatoms. The largest absolute Gasteiger partial charge is 0.495 e. The third kappa shape index (κ3) is 4.89. The second-order valence-corrected chi connectivity index (χ2v) is 6.74. The first-order chi connectivity index (χ1) is 11.8. The highest BCUT2D eigenvalue weighted by Crippen LogP contribution is 2.32. The van der Waals surface area contributed by atoms with Crippen molar-refractivity contribution in [3.8, 4) is 11.5 Å². The molecule has 0 radical (unpaired) electrons. The first-order valence-corrected chi connectivity index (χ1v) is 8.57. The Kier molecular flexibility index (Phi) is 6.32. The second-order valence-electron chi connectivity index (χ2n) is 6.33. The van der Waals surface area contributed by atoms with E-state index in [2.05, 4.69) is 19.2 Å². The van der Waals surface area contributed by atoms with Crippen molar-refractivity contribution in [1.82, 2.24) is 0 Å². The molecule has 2 rings (SSSR count). The molecule has 0 aliphatic carbocycles. The minimum absolute atomic E-state index is 0.0854. The van der Waals surface area contributed by atoms with Gasteiger partial charge in [-0.2, -0.15) is 0 Å². The summed E-state index contributed by atoms with van der Waals surface area (Å²) in [6.45, 7) is 7.91. The molecule has 0 unspecified atom stereocenters. The van der Waals surface area contributed by atoms with Gasteiger partial charge in [0.25, 0.3) is 5.91 Å². The fourth-order valence-corrected chi connectivity index (χ4v) is 2.67. The zero-order chi connectivity index (χ0) is 18.6. The number of carbonyl (C=O) groups excluding carboxylic acids is 1. The van der Waals surface area contributed by atoms with Crippen LogP contribution in [0.2, 0.25) is 5.02 Å². The summed E-state index contributed by atoms with van der Waals surface area (Å²) in [4.78, 5) is 12.3.